The molecule has 1 fully saturated rings. The van der Waals surface area contributed by atoms with Crippen molar-refractivity contribution >= 4 is 11.7 Å². The molecule has 1 saturated carbocycles. The van der Waals surface area contributed by atoms with Gasteiger partial charge in [0.15, 0.2) is 0 Å². The molecule has 86 valence electrons. The van der Waals surface area contributed by atoms with E-state index in [0.29, 0.717) is 17.4 Å². The van der Waals surface area contributed by atoms with Crippen molar-refractivity contribution in [1.82, 2.24) is 10.4 Å². The Balaban J connectivity index is 2.15. The van der Waals surface area contributed by atoms with E-state index in [4.69, 9.17) is 5.84 Å². The molecule has 1 aromatic rings. The van der Waals surface area contributed by atoms with Crippen LogP contribution in [-0.4, -0.2) is 16.9 Å². The van der Waals surface area contributed by atoms with Crippen LogP contribution >= 0.6 is 0 Å². The van der Waals surface area contributed by atoms with Crippen molar-refractivity contribution in [3.05, 3.63) is 23.9 Å². The fourth-order valence-electron chi connectivity index (χ4n) is 2.04. The zero-order valence-corrected chi connectivity index (χ0v) is 9.07. The minimum Gasteiger partial charge on any atom is -0.367 e. The quantitative estimate of drug-likeness (QED) is 0.404. The molecule has 2 rings (SSSR count). The minimum absolute atomic E-state index is 0.311. The number of carbonyl (C=O) groups is 1. The van der Waals surface area contributed by atoms with Crippen LogP contribution in [0.2, 0.25) is 0 Å². The molecule has 0 radical (unpaired) electrons. The zero-order valence-electron chi connectivity index (χ0n) is 9.07. The Bertz CT molecular complexity index is 374. The van der Waals surface area contributed by atoms with E-state index in [1.54, 1.807) is 18.3 Å². The summed E-state index contributed by atoms with van der Waals surface area (Å²) in [5.41, 5.74) is 2.62. The number of carbonyl (C=O) groups excluding carboxylic acids is 1. The molecule has 0 saturated heterocycles. The topological polar surface area (TPSA) is 80.0 Å². The first kappa shape index (κ1) is 10.9. The van der Waals surface area contributed by atoms with E-state index >= 15 is 0 Å². The number of hydrazine groups is 1. The van der Waals surface area contributed by atoms with Crippen LogP contribution in [0.4, 0.5) is 5.82 Å². The second kappa shape index (κ2) is 4.94. The van der Waals surface area contributed by atoms with Gasteiger partial charge in [-0.1, -0.05) is 12.8 Å². The highest BCUT2D eigenvalue weighted by Crippen LogP contribution is 2.22. The maximum atomic E-state index is 11.5. The smallest absolute Gasteiger partial charge is 0.268 e. The van der Waals surface area contributed by atoms with Gasteiger partial charge in [0.1, 0.15) is 5.82 Å². The van der Waals surface area contributed by atoms with Gasteiger partial charge in [0.2, 0.25) is 0 Å². The monoisotopic (exact) mass is 220 g/mol. The van der Waals surface area contributed by atoms with Gasteiger partial charge in [0.25, 0.3) is 5.91 Å². The normalized spacial score (nSPS) is 16.1. The van der Waals surface area contributed by atoms with E-state index < -0.39 is 0 Å². The van der Waals surface area contributed by atoms with Crippen molar-refractivity contribution in [3.63, 3.8) is 0 Å². The van der Waals surface area contributed by atoms with Crippen molar-refractivity contribution in [2.24, 2.45) is 5.84 Å². The molecule has 1 amide bonds. The number of hydrogen-bond acceptors (Lipinski definition) is 4. The number of hydrogen-bond donors (Lipinski definition) is 3. The highest BCUT2D eigenvalue weighted by molar-refractivity contribution is 5.98. The average molecular weight is 220 g/mol. The van der Waals surface area contributed by atoms with Gasteiger partial charge in [-0.15, -0.1) is 0 Å². The van der Waals surface area contributed by atoms with E-state index in [0.717, 1.165) is 12.8 Å². The van der Waals surface area contributed by atoms with Crippen LogP contribution < -0.4 is 16.6 Å². The van der Waals surface area contributed by atoms with E-state index in [-0.39, 0.29) is 5.91 Å². The lowest BCUT2D eigenvalue weighted by Gasteiger charge is -2.14. The third-order valence-corrected chi connectivity index (χ3v) is 2.88. The van der Waals surface area contributed by atoms with E-state index in [1.807, 2.05) is 0 Å². The number of nitrogen functional groups attached to an aromatic ring is 1. The fraction of sp³-hybridized carbons (Fsp3) is 0.455. The third-order valence-electron chi connectivity index (χ3n) is 2.88. The number of nitrogens with two attached hydrogens (primary N) is 1. The van der Waals surface area contributed by atoms with Gasteiger partial charge in [-0.05, 0) is 25.0 Å². The molecule has 0 aliphatic heterocycles. The Kier molecular flexibility index (Phi) is 3.36. The Morgan fingerprint density at radius 2 is 2.19 bits per heavy atom. The predicted octanol–water partition coefficient (Wildman–Crippen LogP) is 1.04. The first-order chi connectivity index (χ1) is 7.81. The molecule has 1 aliphatic rings. The molecule has 1 aromatic heterocycles. The molecular weight excluding hydrogens is 204 g/mol. The maximum Gasteiger partial charge on any atom is 0.268 e. The van der Waals surface area contributed by atoms with Gasteiger partial charge in [0.05, 0.1) is 5.56 Å². The summed E-state index contributed by atoms with van der Waals surface area (Å²) in [6, 6.07) is 3.87. The largest absolute Gasteiger partial charge is 0.367 e. The molecule has 16 heavy (non-hydrogen) atoms. The summed E-state index contributed by atoms with van der Waals surface area (Å²) in [5.74, 6) is 5.44. The third kappa shape index (κ3) is 2.30. The molecule has 1 aliphatic carbocycles. The second-order valence-corrected chi connectivity index (χ2v) is 4.00. The Morgan fingerprint density at radius 1 is 1.44 bits per heavy atom. The molecular formula is C11H16N4O. The standard InChI is InChI=1S/C11H16N4O/c12-15-11(16)9-6-3-7-13-10(9)14-8-4-1-2-5-8/h3,6-8H,1-2,4-5,12H2,(H,13,14)(H,15,16). The molecule has 0 spiro atoms. The van der Waals surface area contributed by atoms with Crippen LogP contribution in [0.25, 0.3) is 0 Å². The lowest BCUT2D eigenvalue weighted by molar-refractivity contribution is 0.0954. The van der Waals surface area contributed by atoms with Crippen LogP contribution in [0, 0.1) is 0 Å². The van der Waals surface area contributed by atoms with Crippen molar-refractivity contribution in [3.8, 4) is 0 Å². The number of anilines is 1. The molecule has 0 unspecified atom stereocenters. The highest BCUT2D eigenvalue weighted by Gasteiger charge is 2.18. The number of aromatic nitrogens is 1. The molecule has 0 bridgehead atoms. The van der Waals surface area contributed by atoms with Crippen LogP contribution in [0.15, 0.2) is 18.3 Å². The Hall–Kier alpha value is -1.62. The second-order valence-electron chi connectivity index (χ2n) is 4.00. The summed E-state index contributed by atoms with van der Waals surface area (Å²) in [4.78, 5) is 15.7. The SMILES string of the molecule is NNC(=O)c1cccnc1NC1CCCC1. The molecule has 4 N–H and O–H groups in total. The zero-order chi connectivity index (χ0) is 11.4. The van der Waals surface area contributed by atoms with Crippen molar-refractivity contribution in [2.75, 3.05) is 5.32 Å². The average Bonchev–Trinajstić information content (AvgIpc) is 2.82. The van der Waals surface area contributed by atoms with Crippen molar-refractivity contribution in [1.29, 1.82) is 0 Å². The predicted molar refractivity (Wildman–Crippen MR) is 61.8 cm³/mol. The summed E-state index contributed by atoms with van der Waals surface area (Å²) in [7, 11) is 0. The van der Waals surface area contributed by atoms with Crippen molar-refractivity contribution in [2.45, 2.75) is 31.7 Å². The summed E-state index contributed by atoms with van der Waals surface area (Å²) in [5, 5.41) is 3.30. The number of nitrogens with one attached hydrogen (secondary N) is 2. The summed E-state index contributed by atoms with van der Waals surface area (Å²) in [6.45, 7) is 0. The lowest BCUT2D eigenvalue weighted by Crippen LogP contribution is -2.31. The number of rotatable bonds is 3. The molecule has 1 heterocycles. The Labute approximate surface area is 94.4 Å². The molecule has 0 atom stereocenters. The maximum absolute atomic E-state index is 11.5. The lowest BCUT2D eigenvalue weighted by atomic mass is 10.2. The van der Waals surface area contributed by atoms with E-state index in [2.05, 4.69) is 15.7 Å². The van der Waals surface area contributed by atoms with E-state index in [1.165, 1.54) is 12.8 Å². The fourth-order valence-corrected chi connectivity index (χ4v) is 2.04. The summed E-state index contributed by atoms with van der Waals surface area (Å²) < 4.78 is 0. The molecule has 5 heteroatoms. The van der Waals surface area contributed by atoms with Gasteiger partial charge in [0, 0.05) is 12.2 Å². The first-order valence-electron chi connectivity index (χ1n) is 5.54. The van der Waals surface area contributed by atoms with Crippen LogP contribution in [-0.2, 0) is 0 Å². The van der Waals surface area contributed by atoms with E-state index in [9.17, 15) is 4.79 Å². The number of amides is 1. The van der Waals surface area contributed by atoms with Gasteiger partial charge >= 0.3 is 0 Å². The molecule has 0 aromatic carbocycles. The first-order valence-corrected chi connectivity index (χ1v) is 5.54. The Morgan fingerprint density at radius 3 is 2.88 bits per heavy atom. The van der Waals surface area contributed by atoms with Gasteiger partial charge < -0.3 is 5.32 Å². The van der Waals surface area contributed by atoms with Crippen LogP contribution in [0.3, 0.4) is 0 Å². The van der Waals surface area contributed by atoms with Crippen molar-refractivity contribution < 1.29 is 4.79 Å². The van der Waals surface area contributed by atoms with Crippen LogP contribution in [0.1, 0.15) is 36.0 Å². The number of nitrogens with zero attached hydrogens (tertiary/aromatic N) is 1. The minimum atomic E-state index is -0.311. The summed E-state index contributed by atoms with van der Waals surface area (Å²) >= 11 is 0. The van der Waals surface area contributed by atoms with Gasteiger partial charge in [-0.25, -0.2) is 10.8 Å². The molecule has 5 nitrogen and oxygen atoms in total. The van der Waals surface area contributed by atoms with Crippen LogP contribution in [0.5, 0.6) is 0 Å². The highest BCUT2D eigenvalue weighted by atomic mass is 16.2. The number of pyridine rings is 1. The summed E-state index contributed by atoms with van der Waals surface area (Å²) in [6.07, 6.45) is 6.43. The van der Waals surface area contributed by atoms with Gasteiger partial charge in [-0.2, -0.15) is 0 Å². The van der Waals surface area contributed by atoms with Gasteiger partial charge in [-0.3, -0.25) is 10.2 Å².